The highest BCUT2D eigenvalue weighted by Crippen LogP contribution is 2.40. The number of hydrogen-bond donors (Lipinski definition) is 1. The maximum absolute atomic E-state index is 11.8. The molecule has 2 atom stereocenters. The number of carbonyl (C=O) groups is 1. The van der Waals surface area contributed by atoms with Gasteiger partial charge >= 0.3 is 5.97 Å². The van der Waals surface area contributed by atoms with Crippen LogP contribution in [0, 0.1) is 0 Å². The van der Waals surface area contributed by atoms with Crippen LogP contribution in [-0.2, 0) is 4.79 Å². The van der Waals surface area contributed by atoms with E-state index >= 15 is 0 Å². The number of carboxylic acid groups (broad SMARTS) is 1. The van der Waals surface area contributed by atoms with Crippen LogP contribution in [-0.4, -0.2) is 42.8 Å². The minimum atomic E-state index is -0.797. The van der Waals surface area contributed by atoms with E-state index in [9.17, 15) is 9.90 Å². The van der Waals surface area contributed by atoms with Crippen molar-refractivity contribution in [2.75, 3.05) is 20.8 Å². The van der Waals surface area contributed by atoms with Gasteiger partial charge in [0.2, 0.25) is 0 Å². The van der Waals surface area contributed by atoms with Gasteiger partial charge in [-0.3, -0.25) is 9.69 Å². The molecule has 1 fully saturated rings. The predicted octanol–water partition coefficient (Wildman–Crippen LogP) is 4.00. The Labute approximate surface area is 158 Å². The summed E-state index contributed by atoms with van der Waals surface area (Å²) in [7, 11) is 3.21. The number of aliphatic carboxylic acids is 1. The molecule has 0 aliphatic carbocycles. The summed E-state index contributed by atoms with van der Waals surface area (Å²) in [6, 6.07) is 12.4. The lowest BCUT2D eigenvalue weighted by molar-refractivity contribution is -0.142. The van der Waals surface area contributed by atoms with Crippen molar-refractivity contribution in [3.05, 3.63) is 58.6 Å². The number of hydrogen-bond acceptors (Lipinski definition) is 4. The van der Waals surface area contributed by atoms with Crippen molar-refractivity contribution >= 4 is 17.6 Å². The van der Waals surface area contributed by atoms with E-state index in [2.05, 4.69) is 0 Å². The topological polar surface area (TPSA) is 59.0 Å². The van der Waals surface area contributed by atoms with E-state index < -0.39 is 12.0 Å². The highest BCUT2D eigenvalue weighted by atomic mass is 35.5. The second-order valence-electron chi connectivity index (χ2n) is 6.30. The molecule has 0 radical (unpaired) electrons. The first-order chi connectivity index (χ1) is 12.5. The number of rotatable bonds is 6. The average molecular weight is 376 g/mol. The zero-order valence-corrected chi connectivity index (χ0v) is 15.6. The van der Waals surface area contributed by atoms with E-state index in [4.69, 9.17) is 21.1 Å². The Morgan fingerprint density at radius 1 is 1.19 bits per heavy atom. The molecule has 0 aromatic heterocycles. The molecule has 1 N–H and O–H groups in total. The van der Waals surface area contributed by atoms with E-state index in [1.807, 2.05) is 47.4 Å². The zero-order chi connectivity index (χ0) is 18.7. The normalized spacial score (nSPS) is 18.5. The van der Waals surface area contributed by atoms with E-state index in [1.165, 1.54) is 0 Å². The standard InChI is InChI=1S/C20H22ClNO4/c1-25-15-9-10-16(18(12-15)26-2)19(13-5-7-14(21)8-6-13)22-11-3-4-17(22)20(23)24/h5-10,12,17,19H,3-4,11H2,1-2H3,(H,23,24). The van der Waals surface area contributed by atoms with Gasteiger partial charge < -0.3 is 14.6 Å². The Morgan fingerprint density at radius 3 is 2.54 bits per heavy atom. The highest BCUT2D eigenvalue weighted by molar-refractivity contribution is 6.30. The minimum absolute atomic E-state index is 0.239. The molecule has 1 aliphatic heterocycles. The van der Waals surface area contributed by atoms with Gasteiger partial charge in [0, 0.05) is 23.2 Å². The van der Waals surface area contributed by atoms with E-state index in [0.717, 1.165) is 17.5 Å². The molecular formula is C20H22ClNO4. The summed E-state index contributed by atoms with van der Waals surface area (Å²) in [5.74, 6) is 0.561. The number of nitrogens with zero attached hydrogens (tertiary/aromatic N) is 1. The van der Waals surface area contributed by atoms with Gasteiger partial charge in [-0.2, -0.15) is 0 Å². The Bertz CT molecular complexity index is 778. The number of ether oxygens (including phenoxy) is 2. The maximum Gasteiger partial charge on any atom is 0.320 e. The van der Waals surface area contributed by atoms with Crippen LogP contribution in [0.15, 0.2) is 42.5 Å². The number of carboxylic acids is 1. The molecule has 2 aromatic rings. The third kappa shape index (κ3) is 3.64. The van der Waals surface area contributed by atoms with Crippen molar-refractivity contribution < 1.29 is 19.4 Å². The third-order valence-corrected chi connectivity index (χ3v) is 5.08. The molecular weight excluding hydrogens is 354 g/mol. The quantitative estimate of drug-likeness (QED) is 0.827. The molecule has 1 saturated heterocycles. The van der Waals surface area contributed by atoms with Crippen LogP contribution in [0.25, 0.3) is 0 Å². The van der Waals surface area contributed by atoms with Crippen molar-refractivity contribution in [1.82, 2.24) is 4.90 Å². The van der Waals surface area contributed by atoms with Crippen LogP contribution < -0.4 is 9.47 Å². The molecule has 138 valence electrons. The number of halogens is 1. The summed E-state index contributed by atoms with van der Waals surface area (Å²) in [6.45, 7) is 0.708. The summed E-state index contributed by atoms with van der Waals surface area (Å²) in [5.41, 5.74) is 1.88. The lowest BCUT2D eigenvalue weighted by Crippen LogP contribution is -2.39. The largest absolute Gasteiger partial charge is 0.497 e. The Hall–Kier alpha value is -2.24. The number of methoxy groups -OCH3 is 2. The second kappa shape index (κ2) is 7.98. The first kappa shape index (κ1) is 18.5. The van der Waals surface area contributed by atoms with Crippen LogP contribution >= 0.6 is 11.6 Å². The molecule has 6 heteroatoms. The third-order valence-electron chi connectivity index (χ3n) is 4.83. The fourth-order valence-corrected chi connectivity index (χ4v) is 3.73. The summed E-state index contributed by atoms with van der Waals surface area (Å²) in [5, 5.41) is 10.3. The van der Waals surface area contributed by atoms with Crippen LogP contribution in [0.1, 0.15) is 30.0 Å². The molecule has 2 aromatic carbocycles. The zero-order valence-electron chi connectivity index (χ0n) is 14.8. The van der Waals surface area contributed by atoms with Crippen molar-refractivity contribution in [2.45, 2.75) is 24.9 Å². The molecule has 5 nitrogen and oxygen atoms in total. The van der Waals surface area contributed by atoms with Crippen LogP contribution in [0.5, 0.6) is 11.5 Å². The molecule has 3 rings (SSSR count). The monoisotopic (exact) mass is 375 g/mol. The summed E-state index contributed by atoms with van der Waals surface area (Å²) < 4.78 is 10.9. The van der Waals surface area contributed by atoms with Crippen molar-refractivity contribution in [2.24, 2.45) is 0 Å². The van der Waals surface area contributed by atoms with Crippen molar-refractivity contribution in [3.63, 3.8) is 0 Å². The highest BCUT2D eigenvalue weighted by Gasteiger charge is 2.37. The van der Waals surface area contributed by atoms with Crippen LogP contribution in [0.4, 0.5) is 0 Å². The van der Waals surface area contributed by atoms with Crippen molar-refractivity contribution in [3.8, 4) is 11.5 Å². The van der Waals surface area contributed by atoms with Gasteiger partial charge in [0.05, 0.1) is 20.3 Å². The lowest BCUT2D eigenvalue weighted by atomic mass is 9.95. The summed E-state index contributed by atoms with van der Waals surface area (Å²) in [4.78, 5) is 13.8. The number of benzene rings is 2. The Kier molecular flexibility index (Phi) is 5.69. The second-order valence-corrected chi connectivity index (χ2v) is 6.73. The molecule has 0 amide bonds. The van der Waals surface area contributed by atoms with Gasteiger partial charge in [0.1, 0.15) is 17.5 Å². The van der Waals surface area contributed by atoms with E-state index in [-0.39, 0.29) is 6.04 Å². The molecule has 1 aliphatic rings. The number of likely N-dealkylation sites (tertiary alicyclic amines) is 1. The van der Waals surface area contributed by atoms with Gasteiger partial charge in [0.15, 0.2) is 0 Å². The molecule has 2 unspecified atom stereocenters. The fourth-order valence-electron chi connectivity index (χ4n) is 3.60. The summed E-state index contributed by atoms with van der Waals surface area (Å²) in [6.07, 6.45) is 1.48. The van der Waals surface area contributed by atoms with Gasteiger partial charge in [0.25, 0.3) is 0 Å². The minimum Gasteiger partial charge on any atom is -0.497 e. The Balaban J connectivity index is 2.12. The fraction of sp³-hybridized carbons (Fsp3) is 0.350. The van der Waals surface area contributed by atoms with Crippen LogP contribution in [0.3, 0.4) is 0 Å². The average Bonchev–Trinajstić information content (AvgIpc) is 3.13. The first-order valence-corrected chi connectivity index (χ1v) is 8.89. The van der Waals surface area contributed by atoms with Crippen LogP contribution in [0.2, 0.25) is 5.02 Å². The van der Waals surface area contributed by atoms with E-state index in [1.54, 1.807) is 14.2 Å². The lowest BCUT2D eigenvalue weighted by Gasteiger charge is -2.33. The predicted molar refractivity (Wildman–Crippen MR) is 100 cm³/mol. The molecule has 1 heterocycles. The Morgan fingerprint density at radius 2 is 1.92 bits per heavy atom. The first-order valence-electron chi connectivity index (χ1n) is 8.51. The molecule has 0 bridgehead atoms. The van der Waals surface area contributed by atoms with Gasteiger partial charge in [-0.1, -0.05) is 23.7 Å². The van der Waals surface area contributed by atoms with Gasteiger partial charge in [-0.25, -0.2) is 0 Å². The SMILES string of the molecule is COc1ccc(C(c2ccc(Cl)cc2)N2CCCC2C(=O)O)c(OC)c1. The molecule has 0 saturated carbocycles. The maximum atomic E-state index is 11.8. The van der Waals surface area contributed by atoms with Crippen molar-refractivity contribution in [1.29, 1.82) is 0 Å². The van der Waals surface area contributed by atoms with E-state index in [0.29, 0.717) is 29.5 Å². The molecule has 26 heavy (non-hydrogen) atoms. The van der Waals surface area contributed by atoms with Gasteiger partial charge in [-0.15, -0.1) is 0 Å². The molecule has 0 spiro atoms. The van der Waals surface area contributed by atoms with Gasteiger partial charge in [-0.05, 0) is 42.7 Å². The smallest absolute Gasteiger partial charge is 0.320 e. The summed E-state index contributed by atoms with van der Waals surface area (Å²) >= 11 is 6.05.